The third-order valence-corrected chi connectivity index (χ3v) is 2.24. The SMILES string of the molecule is C[C@H](O)c1ccc(N(C)C)c(Cl)c1. The molecule has 72 valence electrons. The van der Waals surface area contributed by atoms with E-state index in [9.17, 15) is 5.11 Å². The van der Waals surface area contributed by atoms with Crippen molar-refractivity contribution >= 4 is 17.3 Å². The molecular weight excluding hydrogens is 186 g/mol. The summed E-state index contributed by atoms with van der Waals surface area (Å²) in [6.07, 6.45) is -0.464. The summed E-state index contributed by atoms with van der Waals surface area (Å²) in [7, 11) is 3.87. The van der Waals surface area contributed by atoms with Crippen molar-refractivity contribution < 1.29 is 5.11 Å². The molecule has 1 aromatic carbocycles. The van der Waals surface area contributed by atoms with E-state index in [2.05, 4.69) is 0 Å². The monoisotopic (exact) mass is 199 g/mol. The van der Waals surface area contributed by atoms with E-state index >= 15 is 0 Å². The maximum absolute atomic E-state index is 9.31. The highest BCUT2D eigenvalue weighted by molar-refractivity contribution is 6.33. The van der Waals surface area contributed by atoms with Crippen LogP contribution < -0.4 is 4.90 Å². The molecule has 1 N–H and O–H groups in total. The average molecular weight is 200 g/mol. The zero-order valence-corrected chi connectivity index (χ0v) is 8.84. The fourth-order valence-corrected chi connectivity index (χ4v) is 1.50. The molecule has 1 aromatic rings. The number of aliphatic hydroxyl groups is 1. The van der Waals surface area contributed by atoms with E-state index in [0.29, 0.717) is 5.02 Å². The summed E-state index contributed by atoms with van der Waals surface area (Å²) in [5.74, 6) is 0. The number of benzene rings is 1. The molecule has 1 atom stereocenters. The van der Waals surface area contributed by atoms with Gasteiger partial charge in [-0.05, 0) is 24.6 Å². The lowest BCUT2D eigenvalue weighted by Gasteiger charge is -2.15. The second kappa shape index (κ2) is 3.99. The van der Waals surface area contributed by atoms with Gasteiger partial charge >= 0.3 is 0 Å². The van der Waals surface area contributed by atoms with Gasteiger partial charge in [0, 0.05) is 14.1 Å². The number of hydrogen-bond acceptors (Lipinski definition) is 2. The minimum atomic E-state index is -0.464. The predicted octanol–water partition coefficient (Wildman–Crippen LogP) is 2.46. The molecule has 0 unspecified atom stereocenters. The summed E-state index contributed by atoms with van der Waals surface area (Å²) in [5.41, 5.74) is 1.81. The number of nitrogens with zero attached hydrogens (tertiary/aromatic N) is 1. The predicted molar refractivity (Wildman–Crippen MR) is 56.4 cm³/mol. The summed E-state index contributed by atoms with van der Waals surface area (Å²) in [6, 6.07) is 5.58. The Morgan fingerprint density at radius 3 is 2.38 bits per heavy atom. The third kappa shape index (κ3) is 2.36. The molecular formula is C10H14ClNO. The highest BCUT2D eigenvalue weighted by Gasteiger charge is 2.06. The first-order valence-corrected chi connectivity index (χ1v) is 4.55. The first-order chi connectivity index (χ1) is 6.02. The molecule has 0 heterocycles. The van der Waals surface area contributed by atoms with E-state index in [4.69, 9.17) is 11.6 Å². The fourth-order valence-electron chi connectivity index (χ4n) is 1.15. The quantitative estimate of drug-likeness (QED) is 0.791. The van der Waals surface area contributed by atoms with Gasteiger partial charge in [-0.2, -0.15) is 0 Å². The maximum Gasteiger partial charge on any atom is 0.0762 e. The number of aliphatic hydroxyl groups excluding tert-OH is 1. The Hall–Kier alpha value is -0.730. The van der Waals surface area contributed by atoms with Gasteiger partial charge in [0.05, 0.1) is 16.8 Å². The molecule has 0 aliphatic rings. The molecule has 0 spiro atoms. The van der Waals surface area contributed by atoms with E-state index in [1.54, 1.807) is 13.0 Å². The lowest BCUT2D eigenvalue weighted by Crippen LogP contribution is -2.09. The first kappa shape index (κ1) is 10.4. The average Bonchev–Trinajstić information content (AvgIpc) is 2.03. The Bertz CT molecular complexity index is 297. The molecule has 0 aliphatic heterocycles. The highest BCUT2D eigenvalue weighted by atomic mass is 35.5. The zero-order chi connectivity index (χ0) is 10.0. The van der Waals surface area contributed by atoms with Crippen LogP contribution in [0.2, 0.25) is 5.02 Å². The van der Waals surface area contributed by atoms with Crippen LogP contribution in [0.25, 0.3) is 0 Å². The molecule has 0 fully saturated rings. The van der Waals surface area contributed by atoms with E-state index in [-0.39, 0.29) is 0 Å². The molecule has 0 saturated carbocycles. The Morgan fingerprint density at radius 2 is 2.00 bits per heavy atom. The largest absolute Gasteiger partial charge is 0.389 e. The van der Waals surface area contributed by atoms with Gasteiger partial charge in [-0.15, -0.1) is 0 Å². The van der Waals surface area contributed by atoms with E-state index < -0.39 is 6.10 Å². The molecule has 2 nitrogen and oxygen atoms in total. The van der Waals surface area contributed by atoms with Gasteiger partial charge in [0.1, 0.15) is 0 Å². The van der Waals surface area contributed by atoms with E-state index in [1.165, 1.54) is 0 Å². The molecule has 0 aromatic heterocycles. The van der Waals surface area contributed by atoms with Gasteiger partial charge < -0.3 is 10.0 Å². The van der Waals surface area contributed by atoms with Gasteiger partial charge in [0.15, 0.2) is 0 Å². The van der Waals surface area contributed by atoms with Crippen LogP contribution in [0, 0.1) is 0 Å². The van der Waals surface area contributed by atoms with Crippen molar-refractivity contribution in [2.75, 3.05) is 19.0 Å². The Kier molecular flexibility index (Phi) is 3.17. The molecule has 0 bridgehead atoms. The summed E-state index contributed by atoms with van der Waals surface area (Å²) < 4.78 is 0. The van der Waals surface area contributed by atoms with E-state index in [1.807, 2.05) is 31.1 Å². The topological polar surface area (TPSA) is 23.5 Å². The van der Waals surface area contributed by atoms with Crippen LogP contribution in [0.4, 0.5) is 5.69 Å². The number of rotatable bonds is 2. The molecule has 13 heavy (non-hydrogen) atoms. The van der Waals surface area contributed by atoms with E-state index in [0.717, 1.165) is 11.3 Å². The number of halogens is 1. The molecule has 0 saturated heterocycles. The van der Waals surface area contributed by atoms with Crippen LogP contribution in [0.5, 0.6) is 0 Å². The van der Waals surface area contributed by atoms with Crippen molar-refractivity contribution in [2.24, 2.45) is 0 Å². The molecule has 1 rings (SSSR count). The van der Waals surface area contributed by atoms with Crippen LogP contribution in [0.3, 0.4) is 0 Å². The second-order valence-electron chi connectivity index (χ2n) is 3.28. The van der Waals surface area contributed by atoms with Gasteiger partial charge in [-0.1, -0.05) is 17.7 Å². The standard InChI is InChI=1S/C10H14ClNO/c1-7(13)8-4-5-10(12(2)3)9(11)6-8/h4-7,13H,1-3H3/t7-/m0/s1. The Balaban J connectivity index is 3.06. The Labute approximate surface area is 83.7 Å². The second-order valence-corrected chi connectivity index (χ2v) is 3.69. The van der Waals surface area contributed by atoms with Crippen molar-refractivity contribution in [1.29, 1.82) is 0 Å². The summed E-state index contributed by atoms with van der Waals surface area (Å²) in [6.45, 7) is 1.72. The lowest BCUT2D eigenvalue weighted by molar-refractivity contribution is 0.199. The Morgan fingerprint density at radius 1 is 1.38 bits per heavy atom. The molecule has 3 heteroatoms. The van der Waals surface area contributed by atoms with Crippen molar-refractivity contribution in [3.05, 3.63) is 28.8 Å². The first-order valence-electron chi connectivity index (χ1n) is 4.17. The minimum absolute atomic E-state index is 0.464. The summed E-state index contributed by atoms with van der Waals surface area (Å²) >= 11 is 6.02. The van der Waals surface area contributed by atoms with Crippen molar-refractivity contribution in [3.63, 3.8) is 0 Å². The zero-order valence-electron chi connectivity index (χ0n) is 8.08. The highest BCUT2D eigenvalue weighted by Crippen LogP contribution is 2.27. The summed E-state index contributed by atoms with van der Waals surface area (Å²) in [4.78, 5) is 1.94. The van der Waals surface area contributed by atoms with Gasteiger partial charge in [0.2, 0.25) is 0 Å². The summed E-state index contributed by atoms with van der Waals surface area (Å²) in [5, 5.41) is 9.98. The van der Waals surface area contributed by atoms with Crippen LogP contribution >= 0.6 is 11.6 Å². The maximum atomic E-state index is 9.31. The van der Waals surface area contributed by atoms with Gasteiger partial charge in [-0.3, -0.25) is 0 Å². The van der Waals surface area contributed by atoms with Crippen LogP contribution in [0.1, 0.15) is 18.6 Å². The van der Waals surface area contributed by atoms with Crippen molar-refractivity contribution in [3.8, 4) is 0 Å². The number of anilines is 1. The van der Waals surface area contributed by atoms with Crippen molar-refractivity contribution in [1.82, 2.24) is 0 Å². The van der Waals surface area contributed by atoms with Crippen LogP contribution in [-0.2, 0) is 0 Å². The third-order valence-electron chi connectivity index (χ3n) is 1.94. The molecule has 0 aliphatic carbocycles. The number of hydrogen-bond donors (Lipinski definition) is 1. The molecule has 0 amide bonds. The van der Waals surface area contributed by atoms with Crippen molar-refractivity contribution in [2.45, 2.75) is 13.0 Å². The minimum Gasteiger partial charge on any atom is -0.389 e. The lowest BCUT2D eigenvalue weighted by atomic mass is 10.1. The van der Waals surface area contributed by atoms with Gasteiger partial charge in [-0.25, -0.2) is 0 Å². The smallest absolute Gasteiger partial charge is 0.0762 e. The molecule has 0 radical (unpaired) electrons. The van der Waals surface area contributed by atoms with Crippen LogP contribution in [0.15, 0.2) is 18.2 Å². The fraction of sp³-hybridized carbons (Fsp3) is 0.400. The normalized spacial score (nSPS) is 12.7. The van der Waals surface area contributed by atoms with Crippen LogP contribution in [-0.4, -0.2) is 19.2 Å². The van der Waals surface area contributed by atoms with Gasteiger partial charge in [0.25, 0.3) is 0 Å².